The molecule has 212 valence electrons. The lowest BCUT2D eigenvalue weighted by molar-refractivity contribution is -0.143. The summed E-state index contributed by atoms with van der Waals surface area (Å²) in [6, 6.07) is 21.0. The van der Waals surface area contributed by atoms with Gasteiger partial charge in [0.05, 0.1) is 4.47 Å². The quantitative estimate of drug-likeness (QED) is 0.251. The first kappa shape index (κ1) is 29.8. The molecule has 0 spiro atoms. The Bertz CT molecular complexity index is 1280. The molecule has 1 fully saturated rings. The van der Waals surface area contributed by atoms with E-state index in [1.165, 1.54) is 17.4 Å². The summed E-state index contributed by atoms with van der Waals surface area (Å²) in [7, 11) is 0. The summed E-state index contributed by atoms with van der Waals surface area (Å²) in [6.45, 7) is 3.89. The van der Waals surface area contributed by atoms with Gasteiger partial charge in [-0.3, -0.25) is 9.59 Å². The summed E-state index contributed by atoms with van der Waals surface area (Å²) in [5.41, 5.74) is 2.42. The molecule has 0 bridgehead atoms. The number of benzene rings is 3. The molecule has 1 aliphatic carbocycles. The molecule has 5 nitrogen and oxygen atoms in total. The van der Waals surface area contributed by atoms with Gasteiger partial charge >= 0.3 is 0 Å². The van der Waals surface area contributed by atoms with Crippen LogP contribution in [0.3, 0.4) is 0 Å². The van der Waals surface area contributed by atoms with E-state index in [2.05, 4.69) is 35.1 Å². The Morgan fingerprint density at radius 2 is 1.70 bits per heavy atom. The molecule has 0 aromatic heterocycles. The van der Waals surface area contributed by atoms with Crippen molar-refractivity contribution in [2.24, 2.45) is 0 Å². The normalized spacial score (nSPS) is 14.5. The Balaban J connectivity index is 1.62. The molecule has 0 saturated heterocycles. The molecule has 4 rings (SSSR count). The fourth-order valence-corrected chi connectivity index (χ4v) is 5.64. The number of hydrogen-bond acceptors (Lipinski definition) is 3. The van der Waals surface area contributed by atoms with Crippen LogP contribution < -0.4 is 10.1 Å². The number of hydrogen-bond donors (Lipinski definition) is 1. The molecule has 1 atom stereocenters. The molecule has 40 heavy (non-hydrogen) atoms. The molecule has 7 heteroatoms. The minimum absolute atomic E-state index is 0.0437. The summed E-state index contributed by atoms with van der Waals surface area (Å²) < 4.78 is 21.5. The Morgan fingerprint density at radius 1 is 1.00 bits per heavy atom. The van der Waals surface area contributed by atoms with Gasteiger partial charge in [-0.15, -0.1) is 0 Å². The second kappa shape index (κ2) is 14.4. The lowest BCUT2D eigenvalue weighted by atomic mass is 9.94. The molecular weight excluding hydrogens is 571 g/mol. The monoisotopic (exact) mass is 608 g/mol. The minimum Gasteiger partial charge on any atom is -0.483 e. The van der Waals surface area contributed by atoms with Crippen LogP contribution >= 0.6 is 15.9 Å². The summed E-state index contributed by atoms with van der Waals surface area (Å²) in [6.07, 6.45) is 5.48. The van der Waals surface area contributed by atoms with Gasteiger partial charge in [0, 0.05) is 24.6 Å². The third-order valence-electron chi connectivity index (χ3n) is 7.49. The smallest absolute Gasteiger partial charge is 0.261 e. The lowest BCUT2D eigenvalue weighted by Crippen LogP contribution is -2.53. The Kier molecular flexibility index (Phi) is 10.8. The number of carbonyl (C=O) groups is 2. The third-order valence-corrected chi connectivity index (χ3v) is 8.11. The van der Waals surface area contributed by atoms with Crippen LogP contribution in [-0.2, 0) is 22.6 Å². The van der Waals surface area contributed by atoms with E-state index in [0.29, 0.717) is 23.7 Å². The van der Waals surface area contributed by atoms with E-state index in [9.17, 15) is 14.0 Å². The number of nitrogens with zero attached hydrogens (tertiary/aromatic N) is 1. The van der Waals surface area contributed by atoms with Gasteiger partial charge in [-0.05, 0) is 64.0 Å². The van der Waals surface area contributed by atoms with E-state index in [1.807, 2.05) is 48.5 Å². The van der Waals surface area contributed by atoms with Gasteiger partial charge in [0.15, 0.2) is 6.61 Å². The summed E-state index contributed by atoms with van der Waals surface area (Å²) >= 11 is 3.55. The van der Waals surface area contributed by atoms with Crippen molar-refractivity contribution in [3.8, 4) is 5.75 Å². The van der Waals surface area contributed by atoms with Crippen molar-refractivity contribution in [1.82, 2.24) is 10.2 Å². The first-order valence-corrected chi connectivity index (χ1v) is 14.9. The largest absolute Gasteiger partial charge is 0.483 e. The topological polar surface area (TPSA) is 58.6 Å². The molecule has 1 aliphatic rings. The standard InChI is InChI=1S/C33H38BrFN2O3/c1-23(2)25-17-18-31(28(34)20-25)40-22-32(38)37(21-26-13-9-10-16-29(26)35)30(19-24-11-5-3-6-12-24)33(39)36-27-14-7-4-8-15-27/h3,5-6,9-13,16-18,20,23,27,30H,4,7-8,14-15,19,21-22H2,1-2H3,(H,36,39)/t30-/m0/s1. The highest BCUT2D eigenvalue weighted by Crippen LogP contribution is 2.29. The number of nitrogens with one attached hydrogen (secondary N) is 1. The van der Waals surface area contributed by atoms with Crippen LogP contribution in [0, 0.1) is 5.82 Å². The second-order valence-corrected chi connectivity index (χ2v) is 11.6. The van der Waals surface area contributed by atoms with E-state index in [0.717, 1.165) is 41.3 Å². The van der Waals surface area contributed by atoms with Gasteiger partial charge in [-0.2, -0.15) is 0 Å². The van der Waals surface area contributed by atoms with Gasteiger partial charge in [0.2, 0.25) is 5.91 Å². The van der Waals surface area contributed by atoms with Crippen LogP contribution in [0.2, 0.25) is 0 Å². The number of rotatable bonds is 11. The van der Waals surface area contributed by atoms with Gasteiger partial charge in [0.1, 0.15) is 17.6 Å². The third kappa shape index (κ3) is 8.17. The molecule has 0 unspecified atom stereocenters. The molecular formula is C33H38BrFN2O3. The second-order valence-electron chi connectivity index (χ2n) is 10.8. The number of amides is 2. The predicted molar refractivity (Wildman–Crippen MR) is 160 cm³/mol. The highest BCUT2D eigenvalue weighted by atomic mass is 79.9. The van der Waals surface area contributed by atoms with E-state index in [-0.39, 0.29) is 31.0 Å². The highest BCUT2D eigenvalue weighted by Gasteiger charge is 2.32. The highest BCUT2D eigenvalue weighted by molar-refractivity contribution is 9.10. The van der Waals surface area contributed by atoms with Crippen LogP contribution in [-0.4, -0.2) is 35.4 Å². The first-order valence-electron chi connectivity index (χ1n) is 14.1. The average Bonchev–Trinajstić information content (AvgIpc) is 2.96. The van der Waals surface area contributed by atoms with Crippen LogP contribution in [0.25, 0.3) is 0 Å². The minimum atomic E-state index is -0.827. The molecule has 0 aliphatic heterocycles. The van der Waals surface area contributed by atoms with Crippen molar-refractivity contribution in [2.75, 3.05) is 6.61 Å². The molecule has 3 aromatic rings. The van der Waals surface area contributed by atoms with Gasteiger partial charge in [-0.1, -0.05) is 87.7 Å². The number of carbonyl (C=O) groups excluding carboxylic acids is 2. The van der Waals surface area contributed by atoms with E-state index >= 15 is 0 Å². The molecule has 0 radical (unpaired) electrons. The van der Waals surface area contributed by atoms with E-state index in [1.54, 1.807) is 18.2 Å². The van der Waals surface area contributed by atoms with Crippen molar-refractivity contribution in [3.05, 3.63) is 99.8 Å². The average molecular weight is 610 g/mol. The lowest BCUT2D eigenvalue weighted by Gasteiger charge is -2.33. The molecule has 1 N–H and O–H groups in total. The van der Waals surface area contributed by atoms with Crippen molar-refractivity contribution in [1.29, 1.82) is 0 Å². The number of halogens is 2. The molecule has 1 saturated carbocycles. The summed E-state index contributed by atoms with van der Waals surface area (Å²) in [5.74, 6) is -0.135. The van der Waals surface area contributed by atoms with Crippen molar-refractivity contribution in [2.45, 2.75) is 76.9 Å². The molecule has 0 heterocycles. The number of ether oxygens (including phenoxy) is 1. The zero-order chi connectivity index (χ0) is 28.5. The van der Waals surface area contributed by atoms with Gasteiger partial charge in [-0.25, -0.2) is 4.39 Å². The van der Waals surface area contributed by atoms with Gasteiger partial charge in [0.25, 0.3) is 5.91 Å². The fraction of sp³-hybridized carbons (Fsp3) is 0.394. The van der Waals surface area contributed by atoms with Crippen LogP contribution in [0.15, 0.2) is 77.3 Å². The van der Waals surface area contributed by atoms with E-state index < -0.39 is 11.9 Å². The Hall–Kier alpha value is -3.19. The Morgan fingerprint density at radius 3 is 2.38 bits per heavy atom. The fourth-order valence-electron chi connectivity index (χ4n) is 5.12. The van der Waals surface area contributed by atoms with Crippen LogP contribution in [0.1, 0.15) is 68.6 Å². The zero-order valence-corrected chi connectivity index (χ0v) is 24.8. The summed E-state index contributed by atoms with van der Waals surface area (Å²) in [4.78, 5) is 29.1. The Labute approximate surface area is 245 Å². The maximum Gasteiger partial charge on any atom is 0.261 e. The first-order chi connectivity index (χ1) is 19.3. The van der Waals surface area contributed by atoms with Gasteiger partial charge < -0.3 is 15.0 Å². The van der Waals surface area contributed by atoms with Crippen molar-refractivity contribution in [3.63, 3.8) is 0 Å². The maximum atomic E-state index is 14.8. The predicted octanol–water partition coefficient (Wildman–Crippen LogP) is 7.18. The van der Waals surface area contributed by atoms with E-state index in [4.69, 9.17) is 4.74 Å². The summed E-state index contributed by atoms with van der Waals surface area (Å²) in [5, 5.41) is 3.20. The zero-order valence-electron chi connectivity index (χ0n) is 23.2. The SMILES string of the molecule is CC(C)c1ccc(OCC(=O)N(Cc2ccccc2F)[C@@H](Cc2ccccc2)C(=O)NC2CCCCC2)c(Br)c1. The van der Waals surface area contributed by atoms with Crippen LogP contribution in [0.5, 0.6) is 5.75 Å². The molecule has 3 aromatic carbocycles. The van der Waals surface area contributed by atoms with Crippen molar-refractivity contribution < 1.29 is 18.7 Å². The maximum absolute atomic E-state index is 14.8. The van der Waals surface area contributed by atoms with Crippen molar-refractivity contribution >= 4 is 27.7 Å². The molecule has 2 amide bonds. The van der Waals surface area contributed by atoms with Crippen LogP contribution in [0.4, 0.5) is 4.39 Å².